The highest BCUT2D eigenvalue weighted by Crippen LogP contribution is 2.23. The Labute approximate surface area is 173 Å². The van der Waals surface area contributed by atoms with Crippen molar-refractivity contribution >= 4 is 11.8 Å². The van der Waals surface area contributed by atoms with E-state index in [4.69, 9.17) is 4.74 Å². The van der Waals surface area contributed by atoms with Gasteiger partial charge in [0.05, 0.1) is 0 Å². The number of nitrogens with one attached hydrogen (secondary N) is 1. The number of amides is 2. The number of benzene rings is 2. The molecule has 1 aliphatic rings. The fraction of sp³-hybridized carbons (Fsp3) is 0.417. The minimum Gasteiger partial charge on any atom is -0.484 e. The molecule has 0 bridgehead atoms. The standard InChI is InChI=1S/C24H30N2O3/c1-17(2)22-10-9-21(15-18(22)3)29-16-23(27)26-13-11-20(12-14-26)25-24(28)19-7-5-4-6-8-19/h4-10,15,17,20H,11-14,16H2,1-3H3,(H,25,28). The number of piperidine rings is 1. The van der Waals surface area contributed by atoms with Crippen molar-refractivity contribution in [2.24, 2.45) is 0 Å². The second kappa shape index (κ2) is 9.59. The minimum atomic E-state index is -0.0566. The third-order valence-corrected chi connectivity index (χ3v) is 5.44. The van der Waals surface area contributed by atoms with E-state index in [1.165, 1.54) is 11.1 Å². The number of rotatable bonds is 6. The van der Waals surface area contributed by atoms with Crippen LogP contribution in [0.4, 0.5) is 0 Å². The second-order valence-electron chi connectivity index (χ2n) is 7.96. The van der Waals surface area contributed by atoms with Crippen molar-refractivity contribution in [1.82, 2.24) is 10.2 Å². The molecule has 5 nitrogen and oxygen atoms in total. The maximum Gasteiger partial charge on any atom is 0.260 e. The largest absolute Gasteiger partial charge is 0.484 e. The lowest BCUT2D eigenvalue weighted by molar-refractivity contribution is -0.134. The first-order valence-corrected chi connectivity index (χ1v) is 10.3. The molecule has 0 atom stereocenters. The first kappa shape index (κ1) is 20.9. The molecule has 0 radical (unpaired) electrons. The third kappa shape index (κ3) is 5.59. The Bertz CT molecular complexity index is 840. The SMILES string of the molecule is Cc1cc(OCC(=O)N2CCC(NC(=O)c3ccccc3)CC2)ccc1C(C)C. The lowest BCUT2D eigenvalue weighted by Gasteiger charge is -2.32. The average molecular weight is 395 g/mol. The van der Waals surface area contributed by atoms with E-state index < -0.39 is 0 Å². The molecule has 29 heavy (non-hydrogen) atoms. The summed E-state index contributed by atoms with van der Waals surface area (Å²) in [6.07, 6.45) is 1.51. The molecular formula is C24H30N2O3. The molecule has 1 fully saturated rings. The maximum absolute atomic E-state index is 12.5. The van der Waals surface area contributed by atoms with Gasteiger partial charge < -0.3 is 15.0 Å². The molecule has 2 amide bonds. The monoisotopic (exact) mass is 394 g/mol. The summed E-state index contributed by atoms with van der Waals surface area (Å²) in [6.45, 7) is 7.71. The van der Waals surface area contributed by atoms with Crippen LogP contribution in [0.5, 0.6) is 5.75 Å². The number of hydrogen-bond acceptors (Lipinski definition) is 3. The van der Waals surface area contributed by atoms with E-state index in [1.807, 2.05) is 35.2 Å². The lowest BCUT2D eigenvalue weighted by atomic mass is 9.98. The van der Waals surface area contributed by atoms with Crippen molar-refractivity contribution in [2.45, 2.75) is 45.6 Å². The number of carbonyl (C=O) groups is 2. The Morgan fingerprint density at radius 2 is 1.79 bits per heavy atom. The molecule has 2 aromatic carbocycles. The Kier molecular flexibility index (Phi) is 6.91. The Morgan fingerprint density at radius 1 is 1.10 bits per heavy atom. The molecule has 1 aliphatic heterocycles. The zero-order chi connectivity index (χ0) is 20.8. The zero-order valence-corrected chi connectivity index (χ0v) is 17.5. The first-order chi connectivity index (χ1) is 13.9. The number of nitrogens with zero attached hydrogens (tertiary/aromatic N) is 1. The molecule has 0 aliphatic carbocycles. The normalized spacial score (nSPS) is 14.7. The number of ether oxygens (including phenoxy) is 1. The predicted molar refractivity (Wildman–Crippen MR) is 114 cm³/mol. The predicted octanol–water partition coefficient (Wildman–Crippen LogP) is 3.92. The van der Waals surface area contributed by atoms with Gasteiger partial charge in [-0.05, 0) is 61.1 Å². The summed E-state index contributed by atoms with van der Waals surface area (Å²) >= 11 is 0. The molecule has 0 unspecified atom stereocenters. The summed E-state index contributed by atoms with van der Waals surface area (Å²) in [4.78, 5) is 26.6. The topological polar surface area (TPSA) is 58.6 Å². The van der Waals surface area contributed by atoms with Gasteiger partial charge in [-0.1, -0.05) is 38.1 Å². The van der Waals surface area contributed by atoms with E-state index in [0.29, 0.717) is 24.6 Å². The molecule has 2 aromatic rings. The number of carbonyl (C=O) groups excluding carboxylic acids is 2. The van der Waals surface area contributed by atoms with Gasteiger partial charge >= 0.3 is 0 Å². The summed E-state index contributed by atoms with van der Waals surface area (Å²) < 4.78 is 5.72. The van der Waals surface area contributed by atoms with Gasteiger partial charge in [-0.3, -0.25) is 9.59 Å². The average Bonchev–Trinajstić information content (AvgIpc) is 2.73. The van der Waals surface area contributed by atoms with Gasteiger partial charge in [-0.15, -0.1) is 0 Å². The molecule has 1 heterocycles. The van der Waals surface area contributed by atoms with Crippen molar-refractivity contribution in [3.8, 4) is 5.75 Å². The van der Waals surface area contributed by atoms with Crippen LogP contribution in [0.3, 0.4) is 0 Å². The summed E-state index contributed by atoms with van der Waals surface area (Å²) in [7, 11) is 0. The van der Waals surface area contributed by atoms with Gasteiger partial charge in [0.25, 0.3) is 11.8 Å². The highest BCUT2D eigenvalue weighted by atomic mass is 16.5. The molecule has 0 spiro atoms. The van der Waals surface area contributed by atoms with Crippen LogP contribution < -0.4 is 10.1 Å². The van der Waals surface area contributed by atoms with Gasteiger partial charge in [0.15, 0.2) is 6.61 Å². The second-order valence-corrected chi connectivity index (χ2v) is 7.96. The highest BCUT2D eigenvalue weighted by Gasteiger charge is 2.24. The van der Waals surface area contributed by atoms with Crippen molar-refractivity contribution in [3.05, 3.63) is 65.2 Å². The van der Waals surface area contributed by atoms with E-state index >= 15 is 0 Å². The molecular weight excluding hydrogens is 364 g/mol. The van der Waals surface area contributed by atoms with E-state index in [1.54, 1.807) is 12.1 Å². The van der Waals surface area contributed by atoms with Crippen LogP contribution in [0.2, 0.25) is 0 Å². The smallest absolute Gasteiger partial charge is 0.260 e. The summed E-state index contributed by atoms with van der Waals surface area (Å²) in [6, 6.07) is 15.3. The van der Waals surface area contributed by atoms with Crippen LogP contribution >= 0.6 is 0 Å². The van der Waals surface area contributed by atoms with Gasteiger partial charge in [-0.2, -0.15) is 0 Å². The lowest BCUT2D eigenvalue weighted by Crippen LogP contribution is -2.47. The molecule has 1 saturated heterocycles. The van der Waals surface area contributed by atoms with Crippen LogP contribution in [-0.4, -0.2) is 42.5 Å². The summed E-state index contributed by atoms with van der Waals surface area (Å²) in [5.74, 6) is 1.13. The summed E-state index contributed by atoms with van der Waals surface area (Å²) in [5, 5.41) is 3.06. The molecule has 1 N–H and O–H groups in total. The number of hydrogen-bond donors (Lipinski definition) is 1. The molecule has 0 aromatic heterocycles. The van der Waals surface area contributed by atoms with Crippen LogP contribution in [0.25, 0.3) is 0 Å². The van der Waals surface area contributed by atoms with E-state index in [9.17, 15) is 9.59 Å². The van der Waals surface area contributed by atoms with Gasteiger partial charge in [0.2, 0.25) is 0 Å². The fourth-order valence-corrected chi connectivity index (χ4v) is 3.75. The van der Waals surface area contributed by atoms with E-state index in [0.717, 1.165) is 18.6 Å². The Balaban J connectivity index is 1.44. The minimum absolute atomic E-state index is 0.0107. The van der Waals surface area contributed by atoms with E-state index in [2.05, 4.69) is 32.2 Å². The third-order valence-electron chi connectivity index (χ3n) is 5.44. The van der Waals surface area contributed by atoms with Gasteiger partial charge in [-0.25, -0.2) is 0 Å². The van der Waals surface area contributed by atoms with Crippen molar-refractivity contribution in [2.75, 3.05) is 19.7 Å². The van der Waals surface area contributed by atoms with E-state index in [-0.39, 0.29) is 24.5 Å². The number of likely N-dealkylation sites (tertiary alicyclic amines) is 1. The van der Waals surface area contributed by atoms with Gasteiger partial charge in [0.1, 0.15) is 5.75 Å². The molecule has 0 saturated carbocycles. The van der Waals surface area contributed by atoms with Crippen molar-refractivity contribution in [3.63, 3.8) is 0 Å². The van der Waals surface area contributed by atoms with Gasteiger partial charge in [0, 0.05) is 24.7 Å². The first-order valence-electron chi connectivity index (χ1n) is 10.3. The molecule has 154 valence electrons. The molecule has 3 rings (SSSR count). The molecule has 5 heteroatoms. The van der Waals surface area contributed by atoms with Crippen LogP contribution in [0.1, 0.15) is 54.1 Å². The quantitative estimate of drug-likeness (QED) is 0.808. The zero-order valence-electron chi connectivity index (χ0n) is 17.5. The fourth-order valence-electron chi connectivity index (χ4n) is 3.75. The van der Waals surface area contributed by atoms with Crippen LogP contribution in [0.15, 0.2) is 48.5 Å². The summed E-state index contributed by atoms with van der Waals surface area (Å²) in [5.41, 5.74) is 3.14. The number of aryl methyl sites for hydroxylation is 1. The maximum atomic E-state index is 12.5. The van der Waals surface area contributed by atoms with Crippen LogP contribution in [-0.2, 0) is 4.79 Å². The van der Waals surface area contributed by atoms with Crippen molar-refractivity contribution in [1.29, 1.82) is 0 Å². The Hall–Kier alpha value is -2.82. The van der Waals surface area contributed by atoms with Crippen molar-refractivity contribution < 1.29 is 14.3 Å². The highest BCUT2D eigenvalue weighted by molar-refractivity contribution is 5.94. The Morgan fingerprint density at radius 3 is 2.41 bits per heavy atom. The van der Waals surface area contributed by atoms with Crippen LogP contribution in [0, 0.1) is 6.92 Å².